The minimum atomic E-state index is -0.402. The molecule has 0 rings (SSSR count). The number of carbonyl (C=O) groups is 3. The Labute approximate surface area is 97.0 Å². The molecular formula is C12H21NO3. The van der Waals surface area contributed by atoms with E-state index in [0.717, 1.165) is 19.0 Å². The van der Waals surface area contributed by atoms with Gasteiger partial charge in [0.1, 0.15) is 12.6 Å². The van der Waals surface area contributed by atoms with Crippen molar-refractivity contribution in [3.05, 3.63) is 0 Å². The number of rotatable bonds is 7. The number of hydrogen-bond donors (Lipinski definition) is 0. The molecule has 0 aromatic rings. The lowest BCUT2D eigenvalue weighted by molar-refractivity contribution is -0.133. The average Bonchev–Trinajstić information content (AvgIpc) is 2.27. The molecule has 0 aromatic carbocycles. The first kappa shape index (κ1) is 14.8. The monoisotopic (exact) mass is 227 g/mol. The van der Waals surface area contributed by atoms with Gasteiger partial charge in [-0.15, -0.1) is 0 Å². The third-order valence-electron chi connectivity index (χ3n) is 3.15. The second-order valence-electron chi connectivity index (χ2n) is 4.21. The maximum Gasteiger partial charge on any atom is 0.219 e. The first-order valence-electron chi connectivity index (χ1n) is 5.61. The van der Waals surface area contributed by atoms with Crippen LogP contribution in [0.5, 0.6) is 0 Å². The maximum absolute atomic E-state index is 11.4. The third kappa shape index (κ3) is 3.76. The van der Waals surface area contributed by atoms with Crippen LogP contribution in [-0.2, 0) is 14.4 Å². The van der Waals surface area contributed by atoms with Crippen LogP contribution in [0.25, 0.3) is 0 Å². The van der Waals surface area contributed by atoms with Gasteiger partial charge in [0, 0.05) is 32.4 Å². The molecule has 0 aliphatic heterocycles. The molecule has 0 fully saturated rings. The van der Waals surface area contributed by atoms with Gasteiger partial charge in [-0.25, -0.2) is 0 Å². The van der Waals surface area contributed by atoms with E-state index in [0.29, 0.717) is 0 Å². The lowest BCUT2D eigenvalue weighted by Crippen LogP contribution is -2.45. The highest BCUT2D eigenvalue weighted by atomic mass is 16.2. The Morgan fingerprint density at radius 1 is 1.38 bits per heavy atom. The van der Waals surface area contributed by atoms with E-state index in [2.05, 4.69) is 0 Å². The fourth-order valence-electron chi connectivity index (χ4n) is 1.93. The minimum absolute atomic E-state index is 0.0805. The molecule has 1 amide bonds. The molecule has 0 aromatic heterocycles. The molecule has 4 heteroatoms. The van der Waals surface area contributed by atoms with Crippen molar-refractivity contribution in [3.8, 4) is 0 Å². The van der Waals surface area contributed by atoms with Gasteiger partial charge in [-0.05, 0) is 5.92 Å². The van der Waals surface area contributed by atoms with Crippen molar-refractivity contribution in [1.82, 2.24) is 4.90 Å². The number of aldehydes is 2. The molecule has 3 atom stereocenters. The second kappa shape index (κ2) is 7.14. The van der Waals surface area contributed by atoms with Crippen LogP contribution in [0.15, 0.2) is 0 Å². The second-order valence-corrected chi connectivity index (χ2v) is 4.21. The van der Waals surface area contributed by atoms with Crippen molar-refractivity contribution in [2.24, 2.45) is 11.8 Å². The fraction of sp³-hybridized carbons (Fsp3) is 0.750. The van der Waals surface area contributed by atoms with Crippen molar-refractivity contribution >= 4 is 18.5 Å². The summed E-state index contributed by atoms with van der Waals surface area (Å²) in [6.45, 7) is 5.47. The van der Waals surface area contributed by atoms with Crippen molar-refractivity contribution in [2.45, 2.75) is 39.7 Å². The standard InChI is InChI=1S/C12H21NO3/c1-5-9(2)12(13(4)10(3)16)11(8-15)6-7-14/h7-9,11-12H,5-6H2,1-4H3/t9-,11-,12-/m0/s1. The fourth-order valence-corrected chi connectivity index (χ4v) is 1.93. The zero-order valence-electron chi connectivity index (χ0n) is 10.5. The predicted octanol–water partition coefficient (Wildman–Crippen LogP) is 1.28. The Kier molecular flexibility index (Phi) is 6.61. The normalized spacial score (nSPS) is 16.0. The third-order valence-corrected chi connectivity index (χ3v) is 3.15. The Hall–Kier alpha value is -1.19. The van der Waals surface area contributed by atoms with Crippen molar-refractivity contribution in [3.63, 3.8) is 0 Å². The zero-order valence-corrected chi connectivity index (χ0v) is 10.5. The molecule has 0 aliphatic carbocycles. The van der Waals surface area contributed by atoms with E-state index >= 15 is 0 Å². The van der Waals surface area contributed by atoms with Gasteiger partial charge in [0.15, 0.2) is 0 Å². The van der Waals surface area contributed by atoms with Crippen LogP contribution in [0.2, 0.25) is 0 Å². The summed E-state index contributed by atoms with van der Waals surface area (Å²) in [6.07, 6.45) is 2.56. The van der Waals surface area contributed by atoms with E-state index in [-0.39, 0.29) is 24.3 Å². The molecule has 0 saturated carbocycles. The number of nitrogens with zero attached hydrogens (tertiary/aromatic N) is 1. The highest BCUT2D eigenvalue weighted by Gasteiger charge is 2.30. The van der Waals surface area contributed by atoms with Crippen molar-refractivity contribution in [1.29, 1.82) is 0 Å². The van der Waals surface area contributed by atoms with E-state index in [1.165, 1.54) is 6.92 Å². The Balaban J connectivity index is 4.95. The van der Waals surface area contributed by atoms with Gasteiger partial charge in [0.05, 0.1) is 0 Å². The van der Waals surface area contributed by atoms with E-state index < -0.39 is 5.92 Å². The van der Waals surface area contributed by atoms with Crippen LogP contribution in [0.4, 0.5) is 0 Å². The Morgan fingerprint density at radius 3 is 2.25 bits per heavy atom. The summed E-state index contributed by atoms with van der Waals surface area (Å²) >= 11 is 0. The summed E-state index contributed by atoms with van der Waals surface area (Å²) in [5.74, 6) is -0.284. The highest BCUT2D eigenvalue weighted by molar-refractivity contribution is 5.74. The quantitative estimate of drug-likeness (QED) is 0.616. The van der Waals surface area contributed by atoms with E-state index in [1.54, 1.807) is 11.9 Å². The molecule has 16 heavy (non-hydrogen) atoms. The summed E-state index contributed by atoms with van der Waals surface area (Å²) in [5.41, 5.74) is 0. The Morgan fingerprint density at radius 2 is 1.94 bits per heavy atom. The molecule has 0 N–H and O–H groups in total. The lowest BCUT2D eigenvalue weighted by atomic mass is 9.85. The summed E-state index contributed by atoms with van der Waals surface area (Å²) in [7, 11) is 1.68. The minimum Gasteiger partial charge on any atom is -0.342 e. The average molecular weight is 227 g/mol. The highest BCUT2D eigenvalue weighted by Crippen LogP contribution is 2.22. The summed E-state index contributed by atoms with van der Waals surface area (Å²) in [4.78, 5) is 34.4. The van der Waals surface area contributed by atoms with Crippen LogP contribution < -0.4 is 0 Å². The number of carbonyl (C=O) groups excluding carboxylic acids is 3. The lowest BCUT2D eigenvalue weighted by Gasteiger charge is -2.35. The Bertz CT molecular complexity index is 253. The molecule has 4 nitrogen and oxygen atoms in total. The van der Waals surface area contributed by atoms with E-state index in [1.807, 2.05) is 13.8 Å². The zero-order chi connectivity index (χ0) is 12.7. The van der Waals surface area contributed by atoms with Gasteiger partial charge < -0.3 is 14.5 Å². The van der Waals surface area contributed by atoms with Gasteiger partial charge in [0.25, 0.3) is 0 Å². The SMILES string of the molecule is CC[C@H](C)[C@@H]([C@H](C=O)CC=O)N(C)C(C)=O. The van der Waals surface area contributed by atoms with Crippen molar-refractivity contribution in [2.75, 3.05) is 7.05 Å². The van der Waals surface area contributed by atoms with Crippen LogP contribution >= 0.6 is 0 Å². The van der Waals surface area contributed by atoms with E-state index in [9.17, 15) is 14.4 Å². The van der Waals surface area contributed by atoms with Gasteiger partial charge in [0.2, 0.25) is 5.91 Å². The largest absolute Gasteiger partial charge is 0.342 e. The molecule has 0 spiro atoms. The molecule has 0 radical (unpaired) electrons. The number of hydrogen-bond acceptors (Lipinski definition) is 3. The van der Waals surface area contributed by atoms with E-state index in [4.69, 9.17) is 0 Å². The molecular weight excluding hydrogens is 206 g/mol. The predicted molar refractivity (Wildman–Crippen MR) is 61.9 cm³/mol. The van der Waals surface area contributed by atoms with Gasteiger partial charge in [-0.3, -0.25) is 4.79 Å². The van der Waals surface area contributed by atoms with Crippen LogP contribution in [0, 0.1) is 11.8 Å². The van der Waals surface area contributed by atoms with Crippen molar-refractivity contribution < 1.29 is 14.4 Å². The topological polar surface area (TPSA) is 54.5 Å². The maximum atomic E-state index is 11.4. The molecule has 0 unspecified atom stereocenters. The van der Waals surface area contributed by atoms with Gasteiger partial charge in [-0.1, -0.05) is 20.3 Å². The first-order chi connectivity index (χ1) is 7.49. The van der Waals surface area contributed by atoms with Crippen LogP contribution in [0.1, 0.15) is 33.6 Å². The first-order valence-corrected chi connectivity index (χ1v) is 5.61. The molecule has 0 saturated heterocycles. The van der Waals surface area contributed by atoms with Gasteiger partial charge >= 0.3 is 0 Å². The molecule has 0 bridgehead atoms. The molecule has 0 heterocycles. The van der Waals surface area contributed by atoms with Gasteiger partial charge in [-0.2, -0.15) is 0 Å². The molecule has 0 aliphatic rings. The summed E-state index contributed by atoms with van der Waals surface area (Å²) in [5, 5.41) is 0. The van der Waals surface area contributed by atoms with Crippen LogP contribution in [-0.4, -0.2) is 36.5 Å². The molecule has 92 valence electrons. The number of amides is 1. The smallest absolute Gasteiger partial charge is 0.219 e. The summed E-state index contributed by atoms with van der Waals surface area (Å²) < 4.78 is 0. The summed E-state index contributed by atoms with van der Waals surface area (Å²) in [6, 6.07) is -0.190. The van der Waals surface area contributed by atoms with Crippen LogP contribution in [0.3, 0.4) is 0 Å².